The van der Waals surface area contributed by atoms with Crippen LogP contribution in [-0.4, -0.2) is 13.1 Å². The van der Waals surface area contributed by atoms with Crippen molar-refractivity contribution in [1.29, 1.82) is 0 Å². The largest absolute Gasteiger partial charge is 0.397 e. The van der Waals surface area contributed by atoms with E-state index in [-0.39, 0.29) is 5.82 Å². The van der Waals surface area contributed by atoms with Gasteiger partial charge in [0.1, 0.15) is 5.82 Å². The third-order valence-corrected chi connectivity index (χ3v) is 3.28. The summed E-state index contributed by atoms with van der Waals surface area (Å²) < 4.78 is 12.9. The Balaban J connectivity index is 2.20. The number of halogens is 1. The summed E-state index contributed by atoms with van der Waals surface area (Å²) in [5.41, 5.74) is 7.24. The number of hydrogen-bond acceptors (Lipinski definition) is 2. The maximum absolute atomic E-state index is 12.9. The lowest BCUT2D eigenvalue weighted by molar-refractivity contribution is 0.606. The summed E-state index contributed by atoms with van der Waals surface area (Å²) in [5, 5.41) is 0. The Morgan fingerprint density at radius 1 is 1.47 bits per heavy atom. The molecule has 1 atom stereocenters. The summed E-state index contributed by atoms with van der Waals surface area (Å²) >= 11 is 0. The molecule has 1 aromatic carbocycles. The van der Waals surface area contributed by atoms with Gasteiger partial charge in [0, 0.05) is 13.1 Å². The molecule has 1 saturated carbocycles. The number of benzene rings is 1. The minimum Gasteiger partial charge on any atom is -0.397 e. The molecule has 0 radical (unpaired) electrons. The zero-order chi connectivity index (χ0) is 11.0. The van der Waals surface area contributed by atoms with Crippen molar-refractivity contribution in [3.05, 3.63) is 24.0 Å². The van der Waals surface area contributed by atoms with Crippen molar-refractivity contribution in [1.82, 2.24) is 0 Å². The van der Waals surface area contributed by atoms with Crippen LogP contribution in [-0.2, 0) is 0 Å². The van der Waals surface area contributed by atoms with E-state index in [9.17, 15) is 4.39 Å². The highest BCUT2D eigenvalue weighted by Crippen LogP contribution is 2.37. The van der Waals surface area contributed by atoms with E-state index in [1.165, 1.54) is 25.0 Å². The molecule has 1 aliphatic carbocycles. The second-order valence-corrected chi connectivity index (χ2v) is 4.39. The van der Waals surface area contributed by atoms with E-state index < -0.39 is 0 Å². The summed E-state index contributed by atoms with van der Waals surface area (Å²) in [7, 11) is 2.02. The molecule has 1 aliphatic rings. The van der Waals surface area contributed by atoms with Crippen molar-refractivity contribution < 1.29 is 4.39 Å². The first-order valence-electron chi connectivity index (χ1n) is 5.37. The monoisotopic (exact) mass is 208 g/mol. The Bertz CT molecular complexity index is 361. The van der Waals surface area contributed by atoms with Crippen LogP contribution in [0.3, 0.4) is 0 Å². The van der Waals surface area contributed by atoms with Gasteiger partial charge in [-0.25, -0.2) is 4.39 Å². The van der Waals surface area contributed by atoms with Gasteiger partial charge in [-0.15, -0.1) is 0 Å². The second kappa shape index (κ2) is 3.72. The standard InChI is InChI=1S/C12H17FN2/c1-8(9-3-4-9)15(2)12-6-5-10(13)7-11(12)14/h5-9H,3-4,14H2,1-2H3. The Morgan fingerprint density at radius 2 is 2.13 bits per heavy atom. The van der Waals surface area contributed by atoms with E-state index >= 15 is 0 Å². The quantitative estimate of drug-likeness (QED) is 0.774. The third kappa shape index (κ3) is 2.06. The van der Waals surface area contributed by atoms with Gasteiger partial charge in [-0.05, 0) is 43.9 Å². The molecular formula is C12H17FN2. The SMILES string of the molecule is CC(C1CC1)N(C)c1ccc(F)cc1N. The van der Waals surface area contributed by atoms with Crippen LogP contribution in [0.25, 0.3) is 0 Å². The topological polar surface area (TPSA) is 29.3 Å². The molecule has 3 heteroatoms. The molecule has 0 amide bonds. The maximum Gasteiger partial charge on any atom is 0.125 e. The van der Waals surface area contributed by atoms with Gasteiger partial charge in [-0.2, -0.15) is 0 Å². The Morgan fingerprint density at radius 3 is 2.67 bits per heavy atom. The van der Waals surface area contributed by atoms with E-state index in [4.69, 9.17) is 5.73 Å². The lowest BCUT2D eigenvalue weighted by Crippen LogP contribution is -2.31. The summed E-state index contributed by atoms with van der Waals surface area (Å²) in [6.45, 7) is 2.19. The van der Waals surface area contributed by atoms with Gasteiger partial charge < -0.3 is 10.6 Å². The number of hydrogen-bond donors (Lipinski definition) is 1. The predicted octanol–water partition coefficient (Wildman–Crippen LogP) is 2.64. The molecule has 82 valence electrons. The Labute approximate surface area is 89.9 Å². The van der Waals surface area contributed by atoms with E-state index in [0.717, 1.165) is 11.6 Å². The summed E-state index contributed by atoms with van der Waals surface area (Å²) in [6, 6.07) is 5.08. The first kappa shape index (κ1) is 10.3. The second-order valence-electron chi connectivity index (χ2n) is 4.39. The van der Waals surface area contributed by atoms with Crippen molar-refractivity contribution in [2.45, 2.75) is 25.8 Å². The predicted molar refractivity (Wildman–Crippen MR) is 61.4 cm³/mol. The molecule has 0 bridgehead atoms. The first-order chi connectivity index (χ1) is 7.09. The van der Waals surface area contributed by atoms with Crippen molar-refractivity contribution in [2.75, 3.05) is 17.7 Å². The summed E-state index contributed by atoms with van der Waals surface area (Å²) in [5.74, 6) is 0.503. The van der Waals surface area contributed by atoms with Gasteiger partial charge in [0.25, 0.3) is 0 Å². The molecule has 0 heterocycles. The molecule has 2 N–H and O–H groups in total. The Kier molecular flexibility index (Phi) is 2.55. The van der Waals surface area contributed by atoms with Crippen LogP contribution in [0, 0.1) is 11.7 Å². The van der Waals surface area contributed by atoms with Gasteiger partial charge in [-0.1, -0.05) is 0 Å². The zero-order valence-corrected chi connectivity index (χ0v) is 9.20. The fraction of sp³-hybridized carbons (Fsp3) is 0.500. The van der Waals surface area contributed by atoms with Gasteiger partial charge >= 0.3 is 0 Å². The van der Waals surface area contributed by atoms with Crippen LogP contribution in [0.2, 0.25) is 0 Å². The van der Waals surface area contributed by atoms with E-state index in [0.29, 0.717) is 11.7 Å². The molecule has 15 heavy (non-hydrogen) atoms. The summed E-state index contributed by atoms with van der Waals surface area (Å²) in [6.07, 6.45) is 2.60. The van der Waals surface area contributed by atoms with Crippen molar-refractivity contribution in [3.8, 4) is 0 Å². The lowest BCUT2D eigenvalue weighted by atomic mass is 10.1. The minimum absolute atomic E-state index is 0.274. The highest BCUT2D eigenvalue weighted by atomic mass is 19.1. The molecule has 0 saturated heterocycles. The fourth-order valence-electron chi connectivity index (χ4n) is 1.96. The molecule has 1 fully saturated rings. The van der Waals surface area contributed by atoms with E-state index in [1.807, 2.05) is 7.05 Å². The molecular weight excluding hydrogens is 191 g/mol. The molecule has 0 aliphatic heterocycles. The van der Waals surface area contributed by atoms with Gasteiger partial charge in [0.2, 0.25) is 0 Å². The highest BCUT2D eigenvalue weighted by Gasteiger charge is 2.31. The average molecular weight is 208 g/mol. The van der Waals surface area contributed by atoms with Crippen molar-refractivity contribution in [3.63, 3.8) is 0 Å². The van der Waals surface area contributed by atoms with Crippen LogP contribution in [0.4, 0.5) is 15.8 Å². The Hall–Kier alpha value is -1.25. The molecule has 0 aromatic heterocycles. The summed E-state index contributed by atoms with van der Waals surface area (Å²) in [4.78, 5) is 2.15. The van der Waals surface area contributed by atoms with E-state index in [2.05, 4.69) is 11.8 Å². The molecule has 2 rings (SSSR count). The van der Waals surface area contributed by atoms with Crippen molar-refractivity contribution >= 4 is 11.4 Å². The number of rotatable bonds is 3. The fourth-order valence-corrected chi connectivity index (χ4v) is 1.96. The third-order valence-electron chi connectivity index (χ3n) is 3.28. The van der Waals surface area contributed by atoms with Crippen LogP contribution in [0.1, 0.15) is 19.8 Å². The van der Waals surface area contributed by atoms with Gasteiger partial charge in [0.05, 0.1) is 11.4 Å². The molecule has 1 aromatic rings. The number of nitrogens with zero attached hydrogens (tertiary/aromatic N) is 1. The molecule has 2 nitrogen and oxygen atoms in total. The minimum atomic E-state index is -0.274. The number of nitrogens with two attached hydrogens (primary N) is 1. The molecule has 0 spiro atoms. The van der Waals surface area contributed by atoms with Crippen LogP contribution >= 0.6 is 0 Å². The lowest BCUT2D eigenvalue weighted by Gasteiger charge is -2.28. The number of nitrogen functional groups attached to an aromatic ring is 1. The van der Waals surface area contributed by atoms with E-state index in [1.54, 1.807) is 6.07 Å². The zero-order valence-electron chi connectivity index (χ0n) is 9.20. The van der Waals surface area contributed by atoms with Gasteiger partial charge in [-0.3, -0.25) is 0 Å². The van der Waals surface area contributed by atoms with Crippen molar-refractivity contribution in [2.24, 2.45) is 5.92 Å². The average Bonchev–Trinajstić information content (AvgIpc) is 2.99. The smallest absolute Gasteiger partial charge is 0.125 e. The molecule has 1 unspecified atom stereocenters. The van der Waals surface area contributed by atoms with Gasteiger partial charge in [0.15, 0.2) is 0 Å². The van der Waals surface area contributed by atoms with Crippen LogP contribution < -0.4 is 10.6 Å². The maximum atomic E-state index is 12.9. The first-order valence-corrected chi connectivity index (χ1v) is 5.37. The normalized spacial score (nSPS) is 17.5. The highest BCUT2D eigenvalue weighted by molar-refractivity contribution is 5.67. The van der Waals surface area contributed by atoms with Crippen LogP contribution in [0.15, 0.2) is 18.2 Å². The van der Waals surface area contributed by atoms with Crippen LogP contribution in [0.5, 0.6) is 0 Å². The number of anilines is 2.